The number of allylic oxidation sites excluding steroid dienone is 3. The summed E-state index contributed by atoms with van der Waals surface area (Å²) in [7, 11) is 0. The zero-order valence-corrected chi connectivity index (χ0v) is 30.8. The van der Waals surface area contributed by atoms with Crippen LogP contribution in [0.3, 0.4) is 0 Å². The van der Waals surface area contributed by atoms with E-state index in [0.29, 0.717) is 0 Å². The first-order chi connectivity index (χ1) is 27.1. The van der Waals surface area contributed by atoms with Crippen LogP contribution in [-0.4, -0.2) is 21.7 Å². The zero-order chi connectivity index (χ0) is 38.0. The fourth-order valence-electron chi connectivity index (χ4n) is 7.06. The lowest BCUT2D eigenvalue weighted by molar-refractivity contribution is 1.33. The number of aliphatic imine (C=N–C) groups is 1. The summed E-state index contributed by atoms with van der Waals surface area (Å²) in [5, 5.41) is 7.64. The molecule has 0 spiro atoms. The summed E-state index contributed by atoms with van der Waals surface area (Å²) in [5.74, 6) is 0. The number of hydrogen-bond donors (Lipinski definition) is 0. The molecule has 0 fully saturated rings. The Morgan fingerprint density at radius 1 is 0.455 bits per heavy atom. The maximum atomic E-state index is 4.26. The fraction of sp³-hybridized carbons (Fsp3) is 0.0196. The highest BCUT2D eigenvalue weighted by atomic mass is 14.6. The molecule has 4 heteroatoms. The van der Waals surface area contributed by atoms with Crippen LogP contribution in [0.25, 0.3) is 88.0 Å². The Kier molecular flexibility index (Phi) is 11.2. The fourth-order valence-corrected chi connectivity index (χ4v) is 7.06. The number of nitrogens with zero attached hydrogens (tertiary/aromatic N) is 4. The van der Waals surface area contributed by atoms with Crippen molar-refractivity contribution in [1.82, 2.24) is 15.0 Å². The van der Waals surface area contributed by atoms with Crippen molar-refractivity contribution in [3.05, 3.63) is 202 Å². The van der Waals surface area contributed by atoms with Gasteiger partial charge < -0.3 is 0 Å². The van der Waals surface area contributed by atoms with Gasteiger partial charge in [-0.2, -0.15) is 0 Å². The highest BCUT2D eigenvalue weighted by Crippen LogP contribution is 2.44. The second-order valence-electron chi connectivity index (χ2n) is 12.9. The van der Waals surface area contributed by atoms with Crippen LogP contribution in [0, 0.1) is 0 Å². The topological polar surface area (TPSA) is 51.0 Å². The van der Waals surface area contributed by atoms with Crippen molar-refractivity contribution in [1.29, 1.82) is 0 Å². The van der Waals surface area contributed by atoms with Crippen LogP contribution < -0.4 is 0 Å². The van der Waals surface area contributed by atoms with E-state index < -0.39 is 0 Å². The highest BCUT2D eigenvalue weighted by Gasteiger charge is 2.16. The van der Waals surface area contributed by atoms with Gasteiger partial charge in [-0.05, 0) is 162 Å². The lowest BCUT2D eigenvalue weighted by Crippen LogP contribution is -1.91. The second-order valence-corrected chi connectivity index (χ2v) is 12.9. The van der Waals surface area contributed by atoms with E-state index in [-0.39, 0.29) is 0 Å². The molecule has 6 aromatic carbocycles. The molecule has 0 aliphatic heterocycles. The number of hydrogen-bond acceptors (Lipinski definition) is 4. The zero-order valence-electron chi connectivity index (χ0n) is 30.8. The number of aromatic nitrogens is 3. The molecule has 264 valence electrons. The van der Waals surface area contributed by atoms with Gasteiger partial charge in [0.15, 0.2) is 0 Å². The first kappa shape index (κ1) is 36.1. The molecule has 3 heterocycles. The smallest absolute Gasteiger partial charge is 0.0273 e. The van der Waals surface area contributed by atoms with E-state index in [4.69, 9.17) is 0 Å². The van der Waals surface area contributed by atoms with Gasteiger partial charge in [0.25, 0.3) is 0 Å². The average molecular weight is 709 g/mol. The van der Waals surface area contributed by atoms with Gasteiger partial charge in [-0.1, -0.05) is 98.1 Å². The Bertz CT molecular complexity index is 2690. The van der Waals surface area contributed by atoms with Crippen molar-refractivity contribution in [2.75, 3.05) is 0 Å². The van der Waals surface area contributed by atoms with Crippen LogP contribution in [0.15, 0.2) is 207 Å². The van der Waals surface area contributed by atoms with Crippen LogP contribution in [0.4, 0.5) is 0 Å². The summed E-state index contributed by atoms with van der Waals surface area (Å²) in [6.07, 6.45) is 18.1. The molecule has 0 aliphatic rings. The van der Waals surface area contributed by atoms with Crippen LogP contribution in [-0.2, 0) is 0 Å². The van der Waals surface area contributed by atoms with Crippen LogP contribution in [0.5, 0.6) is 0 Å². The molecular formula is C51H40N4. The number of rotatable bonds is 7. The Morgan fingerprint density at radius 2 is 0.855 bits per heavy atom. The molecule has 0 bridgehead atoms. The number of benzene rings is 6. The molecule has 0 atom stereocenters. The van der Waals surface area contributed by atoms with E-state index in [1.165, 1.54) is 71.9 Å². The van der Waals surface area contributed by atoms with Gasteiger partial charge in [-0.3, -0.25) is 19.9 Å². The molecule has 0 saturated carbocycles. The van der Waals surface area contributed by atoms with E-state index in [2.05, 4.69) is 167 Å². The molecule has 0 aliphatic carbocycles. The second kappa shape index (κ2) is 17.0. The molecule has 9 aromatic rings. The van der Waals surface area contributed by atoms with E-state index in [9.17, 15) is 0 Å². The summed E-state index contributed by atoms with van der Waals surface area (Å²) in [4.78, 5) is 16.0. The Labute approximate surface area is 322 Å². The van der Waals surface area contributed by atoms with Gasteiger partial charge in [0.05, 0.1) is 0 Å². The lowest BCUT2D eigenvalue weighted by atomic mass is 9.86. The SMILES string of the molecule is C=C/C=C\C.C=CN=C.c1cc(-c2ccncc2)cc(-c2ccc3ccc4c(-c5cc(-c6ccncc6)cc(-c6ccncc6)c5)ccc5ccc2c3c54)c1. The van der Waals surface area contributed by atoms with Crippen LogP contribution in [0.2, 0.25) is 0 Å². The van der Waals surface area contributed by atoms with Gasteiger partial charge in [0, 0.05) is 43.4 Å². The van der Waals surface area contributed by atoms with Gasteiger partial charge in [0.2, 0.25) is 0 Å². The highest BCUT2D eigenvalue weighted by molar-refractivity contribution is 6.27. The van der Waals surface area contributed by atoms with Gasteiger partial charge in [-0.15, -0.1) is 0 Å². The first-order valence-corrected chi connectivity index (χ1v) is 18.1. The lowest BCUT2D eigenvalue weighted by Gasteiger charge is -2.18. The van der Waals surface area contributed by atoms with E-state index >= 15 is 0 Å². The molecular weight excluding hydrogens is 669 g/mol. The first-order valence-electron chi connectivity index (χ1n) is 18.1. The minimum Gasteiger partial charge on any atom is -0.273 e. The number of pyridine rings is 3. The van der Waals surface area contributed by atoms with Gasteiger partial charge in [-0.25, -0.2) is 0 Å². The van der Waals surface area contributed by atoms with Crippen LogP contribution >= 0.6 is 0 Å². The molecule has 55 heavy (non-hydrogen) atoms. The summed E-state index contributed by atoms with van der Waals surface area (Å²) >= 11 is 0. The normalized spacial score (nSPS) is 10.8. The maximum absolute atomic E-state index is 4.26. The third-order valence-corrected chi connectivity index (χ3v) is 9.58. The summed E-state index contributed by atoms with van der Waals surface area (Å²) in [6.45, 7) is 11.8. The minimum absolute atomic E-state index is 1.14. The van der Waals surface area contributed by atoms with Crippen molar-refractivity contribution in [2.24, 2.45) is 4.99 Å². The van der Waals surface area contributed by atoms with Crippen molar-refractivity contribution >= 4 is 39.0 Å². The minimum atomic E-state index is 1.14. The average Bonchev–Trinajstić information content (AvgIpc) is 3.27. The van der Waals surface area contributed by atoms with Crippen molar-refractivity contribution in [3.8, 4) is 55.6 Å². The third-order valence-electron chi connectivity index (χ3n) is 9.58. The van der Waals surface area contributed by atoms with Crippen LogP contribution in [0.1, 0.15) is 6.92 Å². The summed E-state index contributed by atoms with van der Waals surface area (Å²) in [6, 6.07) is 46.4. The predicted octanol–water partition coefficient (Wildman–Crippen LogP) is 13.7. The molecule has 9 rings (SSSR count). The molecule has 0 radical (unpaired) electrons. The Hall–Kier alpha value is -7.30. The molecule has 0 unspecified atom stereocenters. The summed E-state index contributed by atoms with van der Waals surface area (Å²) < 4.78 is 0. The molecule has 0 saturated heterocycles. The quantitative estimate of drug-likeness (QED) is 0.0941. The van der Waals surface area contributed by atoms with Gasteiger partial charge >= 0.3 is 0 Å². The predicted molar refractivity (Wildman–Crippen MR) is 235 cm³/mol. The van der Waals surface area contributed by atoms with E-state index in [0.717, 1.165) is 22.3 Å². The molecule has 0 N–H and O–H groups in total. The van der Waals surface area contributed by atoms with E-state index in [1.807, 2.05) is 56.3 Å². The summed E-state index contributed by atoms with van der Waals surface area (Å²) in [5.41, 5.74) is 11.8. The van der Waals surface area contributed by atoms with Crippen molar-refractivity contribution in [2.45, 2.75) is 6.92 Å². The Morgan fingerprint density at radius 3 is 1.29 bits per heavy atom. The third kappa shape index (κ3) is 7.75. The molecule has 0 amide bonds. The van der Waals surface area contributed by atoms with Crippen molar-refractivity contribution < 1.29 is 0 Å². The van der Waals surface area contributed by atoms with Crippen molar-refractivity contribution in [3.63, 3.8) is 0 Å². The van der Waals surface area contributed by atoms with Gasteiger partial charge in [0.1, 0.15) is 0 Å². The maximum Gasteiger partial charge on any atom is 0.0273 e. The molecule has 3 aromatic heterocycles. The monoisotopic (exact) mass is 708 g/mol. The van der Waals surface area contributed by atoms with E-state index in [1.54, 1.807) is 6.08 Å². The molecule has 4 nitrogen and oxygen atoms in total. The largest absolute Gasteiger partial charge is 0.273 e. The Balaban J connectivity index is 0.000000468. The standard InChI is InChI=1S/C43H27N3.C5H8.C3H5N/c1-2-33(28-12-18-44-19-13-28)24-34(3-1)38-8-4-31-7-11-41-39(9-5-32-6-10-40(38)42(31)43(32)41)37-26-35(29-14-20-45-21-15-29)25-36(27-37)30-16-22-46-23-17-30;1-3-5-4-2;1-3-4-2/h1-27H;3-5H,1H2,2H3;3H,1-2H2/b;5-4-;.